The first kappa shape index (κ1) is 17.4. The van der Waals surface area contributed by atoms with Gasteiger partial charge in [-0.15, -0.1) is 0 Å². The Kier molecular flexibility index (Phi) is 4.76. The number of nitrogens with one attached hydrogen (secondary N) is 2. The molecule has 2 rings (SSSR count). The Morgan fingerprint density at radius 1 is 1.00 bits per heavy atom. The van der Waals surface area contributed by atoms with Gasteiger partial charge in [0.15, 0.2) is 0 Å². The summed E-state index contributed by atoms with van der Waals surface area (Å²) < 4.78 is 63.5. The van der Waals surface area contributed by atoms with Crippen molar-refractivity contribution in [3.8, 4) is 0 Å². The van der Waals surface area contributed by atoms with Crippen molar-refractivity contribution in [2.75, 3.05) is 16.3 Å². The van der Waals surface area contributed by atoms with Gasteiger partial charge in [0.05, 0.1) is 17.5 Å². The van der Waals surface area contributed by atoms with Crippen molar-refractivity contribution in [2.45, 2.75) is 6.18 Å². The van der Waals surface area contributed by atoms with E-state index in [4.69, 9.17) is 11.6 Å². The predicted octanol–water partition coefficient (Wildman–Crippen LogP) is 4.47. The summed E-state index contributed by atoms with van der Waals surface area (Å²) in [5.74, 6) is 0. The van der Waals surface area contributed by atoms with Gasteiger partial charge >= 0.3 is 6.18 Å². The molecule has 0 atom stereocenters. The summed E-state index contributed by atoms with van der Waals surface area (Å²) in [7, 11) is -3.41. The van der Waals surface area contributed by atoms with Gasteiger partial charge in [0.25, 0.3) is 0 Å². The van der Waals surface area contributed by atoms with E-state index >= 15 is 0 Å². The van der Waals surface area contributed by atoms with Gasteiger partial charge in [-0.1, -0.05) is 11.6 Å². The van der Waals surface area contributed by atoms with Crippen LogP contribution in [-0.4, -0.2) is 14.7 Å². The van der Waals surface area contributed by atoms with Crippen molar-refractivity contribution >= 4 is 38.7 Å². The zero-order chi connectivity index (χ0) is 17.3. The maximum atomic E-state index is 13.0. The van der Waals surface area contributed by atoms with Crippen LogP contribution in [-0.2, 0) is 16.2 Å². The molecular weight excluding hydrogens is 353 g/mol. The quantitative estimate of drug-likeness (QED) is 0.841. The number of alkyl halides is 3. The molecule has 0 bridgehead atoms. The highest BCUT2D eigenvalue weighted by Gasteiger charge is 2.33. The van der Waals surface area contributed by atoms with E-state index in [-0.39, 0.29) is 10.7 Å². The standard InChI is InChI=1S/C14H12ClF3N2O2S/c1-23(21,22)20-11-5-3-10(4-6-11)19-13-7-2-9(15)8-12(13)14(16,17)18/h2-8,19-20H,1H3. The molecule has 0 aromatic heterocycles. The lowest BCUT2D eigenvalue weighted by Gasteiger charge is -2.15. The maximum Gasteiger partial charge on any atom is 0.418 e. The van der Waals surface area contributed by atoms with E-state index in [1.807, 2.05) is 0 Å². The highest BCUT2D eigenvalue weighted by molar-refractivity contribution is 7.92. The second-order valence-corrected chi connectivity index (χ2v) is 6.95. The van der Waals surface area contributed by atoms with E-state index in [0.717, 1.165) is 12.3 Å². The lowest BCUT2D eigenvalue weighted by atomic mass is 10.1. The SMILES string of the molecule is CS(=O)(=O)Nc1ccc(Nc2ccc(Cl)cc2C(F)(F)F)cc1. The van der Waals surface area contributed by atoms with Crippen LogP contribution in [0.1, 0.15) is 5.56 Å². The monoisotopic (exact) mass is 364 g/mol. The van der Waals surface area contributed by atoms with Crippen LogP contribution in [0.2, 0.25) is 5.02 Å². The van der Waals surface area contributed by atoms with Gasteiger partial charge in [-0.25, -0.2) is 8.42 Å². The fourth-order valence-corrected chi connectivity index (χ4v) is 2.59. The molecule has 9 heteroatoms. The second-order valence-electron chi connectivity index (χ2n) is 4.76. The normalized spacial score (nSPS) is 12.0. The van der Waals surface area contributed by atoms with Crippen molar-refractivity contribution < 1.29 is 21.6 Å². The number of sulfonamides is 1. The van der Waals surface area contributed by atoms with Gasteiger partial charge in [-0.05, 0) is 42.5 Å². The third kappa shape index (κ3) is 5.04. The molecule has 0 radical (unpaired) electrons. The van der Waals surface area contributed by atoms with Crippen LogP contribution < -0.4 is 10.0 Å². The molecule has 2 aromatic carbocycles. The molecule has 0 amide bonds. The van der Waals surface area contributed by atoms with Crippen LogP contribution in [0.25, 0.3) is 0 Å². The molecule has 4 nitrogen and oxygen atoms in total. The Morgan fingerprint density at radius 2 is 1.57 bits per heavy atom. The largest absolute Gasteiger partial charge is 0.418 e. The average Bonchev–Trinajstić information content (AvgIpc) is 2.40. The third-order valence-electron chi connectivity index (χ3n) is 2.75. The van der Waals surface area contributed by atoms with Crippen LogP contribution in [0.3, 0.4) is 0 Å². The molecule has 2 N–H and O–H groups in total. The van der Waals surface area contributed by atoms with E-state index < -0.39 is 21.8 Å². The first-order valence-corrected chi connectivity index (χ1v) is 8.53. The van der Waals surface area contributed by atoms with Gasteiger partial charge in [0.1, 0.15) is 0 Å². The van der Waals surface area contributed by atoms with Gasteiger partial charge in [0.2, 0.25) is 10.0 Å². The molecule has 0 aliphatic rings. The Bertz CT molecular complexity index is 806. The lowest BCUT2D eigenvalue weighted by molar-refractivity contribution is -0.136. The molecule has 0 spiro atoms. The summed E-state index contributed by atoms with van der Waals surface area (Å²) in [6.07, 6.45) is -3.55. The van der Waals surface area contributed by atoms with Crippen LogP contribution in [0.4, 0.5) is 30.2 Å². The maximum absolute atomic E-state index is 13.0. The molecule has 23 heavy (non-hydrogen) atoms. The van der Waals surface area contributed by atoms with E-state index in [0.29, 0.717) is 11.4 Å². The molecule has 0 saturated carbocycles. The summed E-state index contributed by atoms with van der Waals surface area (Å²) in [4.78, 5) is 0. The van der Waals surface area contributed by atoms with Gasteiger partial charge < -0.3 is 5.32 Å². The minimum absolute atomic E-state index is 0.0180. The lowest BCUT2D eigenvalue weighted by Crippen LogP contribution is -2.10. The fourth-order valence-electron chi connectivity index (χ4n) is 1.85. The summed E-state index contributed by atoms with van der Waals surface area (Å²) in [5, 5.41) is 2.62. The molecule has 2 aromatic rings. The Balaban J connectivity index is 2.26. The Labute approximate surface area is 136 Å². The molecular formula is C14H12ClF3N2O2S. The summed E-state index contributed by atoms with van der Waals surface area (Å²) >= 11 is 5.62. The zero-order valence-electron chi connectivity index (χ0n) is 11.8. The first-order valence-electron chi connectivity index (χ1n) is 6.26. The number of rotatable bonds is 4. The zero-order valence-corrected chi connectivity index (χ0v) is 13.4. The molecule has 0 aliphatic carbocycles. The molecule has 0 fully saturated rings. The smallest absolute Gasteiger partial charge is 0.355 e. The van der Waals surface area contributed by atoms with Crippen molar-refractivity contribution in [3.05, 3.63) is 53.1 Å². The van der Waals surface area contributed by atoms with E-state index in [1.165, 1.54) is 36.4 Å². The Hall–Kier alpha value is -1.93. The topological polar surface area (TPSA) is 58.2 Å². The van der Waals surface area contributed by atoms with Crippen molar-refractivity contribution in [3.63, 3.8) is 0 Å². The first-order chi connectivity index (χ1) is 10.5. The van der Waals surface area contributed by atoms with Gasteiger partial charge in [0, 0.05) is 16.4 Å². The summed E-state index contributed by atoms with van der Waals surface area (Å²) in [6.45, 7) is 0. The third-order valence-corrected chi connectivity index (χ3v) is 3.60. The molecule has 0 saturated heterocycles. The Morgan fingerprint density at radius 3 is 2.09 bits per heavy atom. The van der Waals surface area contributed by atoms with Crippen LogP contribution in [0.15, 0.2) is 42.5 Å². The van der Waals surface area contributed by atoms with E-state index in [2.05, 4.69) is 10.0 Å². The average molecular weight is 365 g/mol. The molecule has 124 valence electrons. The summed E-state index contributed by atoms with van der Waals surface area (Å²) in [5.41, 5.74) is -0.351. The number of benzene rings is 2. The highest BCUT2D eigenvalue weighted by Crippen LogP contribution is 2.37. The molecule has 0 aliphatic heterocycles. The van der Waals surface area contributed by atoms with E-state index in [1.54, 1.807) is 0 Å². The second kappa shape index (κ2) is 6.29. The summed E-state index contributed by atoms with van der Waals surface area (Å²) in [6, 6.07) is 9.21. The number of hydrogen-bond donors (Lipinski definition) is 2. The fraction of sp³-hybridized carbons (Fsp3) is 0.143. The van der Waals surface area contributed by atoms with Crippen LogP contribution >= 0.6 is 11.6 Å². The number of hydrogen-bond acceptors (Lipinski definition) is 3. The predicted molar refractivity (Wildman–Crippen MR) is 84.6 cm³/mol. The van der Waals surface area contributed by atoms with Crippen LogP contribution in [0, 0.1) is 0 Å². The van der Waals surface area contributed by atoms with E-state index in [9.17, 15) is 21.6 Å². The van der Waals surface area contributed by atoms with Crippen molar-refractivity contribution in [1.82, 2.24) is 0 Å². The van der Waals surface area contributed by atoms with Crippen molar-refractivity contribution in [2.24, 2.45) is 0 Å². The minimum Gasteiger partial charge on any atom is -0.355 e. The van der Waals surface area contributed by atoms with Gasteiger partial charge in [-0.2, -0.15) is 13.2 Å². The number of anilines is 3. The van der Waals surface area contributed by atoms with Crippen LogP contribution in [0.5, 0.6) is 0 Å². The highest BCUT2D eigenvalue weighted by atomic mass is 35.5. The van der Waals surface area contributed by atoms with Crippen molar-refractivity contribution in [1.29, 1.82) is 0 Å². The minimum atomic E-state index is -4.55. The molecule has 0 heterocycles. The number of halogens is 4. The molecule has 0 unspecified atom stereocenters. The van der Waals surface area contributed by atoms with Gasteiger partial charge in [-0.3, -0.25) is 4.72 Å².